The van der Waals surface area contributed by atoms with Gasteiger partial charge in [-0.25, -0.2) is 0 Å². The minimum Gasteiger partial charge on any atom is -0.497 e. The number of rotatable bonds is 3. The Morgan fingerprint density at radius 3 is 2.42 bits per heavy atom. The second kappa shape index (κ2) is 6.93. The Bertz CT molecular complexity index is 1100. The molecule has 5 nitrogen and oxygen atoms in total. The summed E-state index contributed by atoms with van der Waals surface area (Å²) < 4.78 is 5.17. The normalized spacial score (nSPS) is 10.7. The van der Waals surface area contributed by atoms with Crippen molar-refractivity contribution in [3.8, 4) is 5.75 Å². The maximum absolute atomic E-state index is 5.47. The quantitative estimate of drug-likeness (QED) is 0.411. The lowest BCUT2D eigenvalue weighted by atomic mass is 10.1. The number of anilines is 2. The molecule has 0 bridgehead atoms. The smallest absolute Gasteiger partial charge is 0.175 e. The summed E-state index contributed by atoms with van der Waals surface area (Å²) in [6, 6.07) is 17.5. The molecule has 4 rings (SSSR count). The third-order valence-corrected chi connectivity index (χ3v) is 4.26. The second-order valence-corrected chi connectivity index (χ2v) is 6.11. The molecule has 0 amide bonds. The van der Waals surface area contributed by atoms with E-state index in [0.29, 0.717) is 5.11 Å². The van der Waals surface area contributed by atoms with Gasteiger partial charge in [0, 0.05) is 28.9 Å². The summed E-state index contributed by atoms with van der Waals surface area (Å²) in [6.45, 7) is 0. The van der Waals surface area contributed by atoms with Crippen molar-refractivity contribution in [2.24, 2.45) is 0 Å². The molecule has 2 heterocycles. The van der Waals surface area contributed by atoms with Crippen molar-refractivity contribution in [3.05, 3.63) is 67.0 Å². The lowest BCUT2D eigenvalue weighted by Gasteiger charge is -2.13. The highest BCUT2D eigenvalue weighted by atomic mass is 32.1. The van der Waals surface area contributed by atoms with Crippen molar-refractivity contribution in [2.75, 3.05) is 17.7 Å². The monoisotopic (exact) mass is 360 g/mol. The van der Waals surface area contributed by atoms with E-state index in [2.05, 4.69) is 20.6 Å². The summed E-state index contributed by atoms with van der Waals surface area (Å²) in [6.07, 6.45) is 3.56. The Hall–Kier alpha value is -3.25. The van der Waals surface area contributed by atoms with Gasteiger partial charge in [-0.15, -0.1) is 0 Å². The summed E-state index contributed by atoms with van der Waals surface area (Å²) in [4.78, 5) is 8.99. The molecule has 0 spiro atoms. The molecule has 0 unspecified atom stereocenters. The highest BCUT2D eigenvalue weighted by Crippen LogP contribution is 2.29. The zero-order valence-electron chi connectivity index (χ0n) is 14.1. The van der Waals surface area contributed by atoms with Crippen molar-refractivity contribution in [2.45, 2.75) is 0 Å². The number of pyridine rings is 2. The van der Waals surface area contributed by atoms with E-state index in [1.807, 2.05) is 54.6 Å². The molecule has 2 aromatic heterocycles. The first-order chi connectivity index (χ1) is 12.7. The number of hydrogen-bond donors (Lipinski definition) is 2. The molecule has 26 heavy (non-hydrogen) atoms. The summed E-state index contributed by atoms with van der Waals surface area (Å²) in [5, 5.41) is 8.94. The van der Waals surface area contributed by atoms with Gasteiger partial charge in [0.05, 0.1) is 23.8 Å². The fourth-order valence-electron chi connectivity index (χ4n) is 2.85. The highest BCUT2D eigenvalue weighted by Gasteiger charge is 2.09. The van der Waals surface area contributed by atoms with Crippen LogP contribution >= 0.6 is 12.2 Å². The number of nitrogens with one attached hydrogen (secondary N) is 2. The summed E-state index contributed by atoms with van der Waals surface area (Å²) in [5.74, 6) is 0.798. The first-order valence-electron chi connectivity index (χ1n) is 8.09. The van der Waals surface area contributed by atoms with Crippen molar-refractivity contribution in [1.82, 2.24) is 9.97 Å². The Kier molecular flexibility index (Phi) is 4.33. The fraction of sp³-hybridized carbons (Fsp3) is 0.0500. The van der Waals surface area contributed by atoms with E-state index in [-0.39, 0.29) is 0 Å². The third kappa shape index (κ3) is 3.14. The first-order valence-corrected chi connectivity index (χ1v) is 8.50. The van der Waals surface area contributed by atoms with Crippen LogP contribution in [0, 0.1) is 0 Å². The lowest BCUT2D eigenvalue weighted by molar-refractivity contribution is 0.415. The minimum absolute atomic E-state index is 0.491. The summed E-state index contributed by atoms with van der Waals surface area (Å²) in [7, 11) is 1.64. The zero-order valence-corrected chi connectivity index (χ0v) is 14.9. The van der Waals surface area contributed by atoms with Crippen LogP contribution in [0.2, 0.25) is 0 Å². The van der Waals surface area contributed by atoms with E-state index < -0.39 is 0 Å². The Morgan fingerprint density at radius 2 is 1.65 bits per heavy atom. The van der Waals surface area contributed by atoms with Gasteiger partial charge < -0.3 is 15.4 Å². The van der Waals surface area contributed by atoms with E-state index in [1.165, 1.54) is 0 Å². The number of aromatic nitrogens is 2. The molecule has 0 aliphatic rings. The molecule has 0 saturated carbocycles. The van der Waals surface area contributed by atoms with Gasteiger partial charge in [-0.2, -0.15) is 0 Å². The number of ether oxygens (including phenoxy) is 1. The van der Waals surface area contributed by atoms with Gasteiger partial charge in [-0.05, 0) is 60.7 Å². The summed E-state index contributed by atoms with van der Waals surface area (Å²) >= 11 is 5.47. The van der Waals surface area contributed by atoms with Crippen LogP contribution in [0.3, 0.4) is 0 Å². The van der Waals surface area contributed by atoms with E-state index in [4.69, 9.17) is 17.0 Å². The van der Waals surface area contributed by atoms with Gasteiger partial charge in [0.15, 0.2) is 5.11 Å². The Labute approximate surface area is 156 Å². The third-order valence-electron chi connectivity index (χ3n) is 4.05. The maximum atomic E-state index is 5.47. The van der Waals surface area contributed by atoms with Crippen LogP contribution in [0.4, 0.5) is 11.4 Å². The Balaban J connectivity index is 1.66. The number of fused-ring (bicyclic) bond motifs is 3. The molecule has 0 radical (unpaired) electrons. The molecular weight excluding hydrogens is 344 g/mol. The van der Waals surface area contributed by atoms with Crippen molar-refractivity contribution in [1.29, 1.82) is 0 Å². The van der Waals surface area contributed by atoms with Gasteiger partial charge in [-0.1, -0.05) is 6.07 Å². The lowest BCUT2D eigenvalue weighted by Crippen LogP contribution is -2.19. The molecule has 0 atom stereocenters. The predicted octanol–water partition coefficient (Wildman–Crippen LogP) is 4.60. The number of benzene rings is 2. The second-order valence-electron chi connectivity index (χ2n) is 5.71. The van der Waals surface area contributed by atoms with Crippen LogP contribution in [0.5, 0.6) is 5.75 Å². The number of thiocarbonyl (C=S) groups is 1. The fourth-order valence-corrected chi connectivity index (χ4v) is 3.08. The van der Waals surface area contributed by atoms with Crippen LogP contribution in [0.15, 0.2) is 67.0 Å². The average molecular weight is 360 g/mol. The highest BCUT2D eigenvalue weighted by molar-refractivity contribution is 7.80. The van der Waals surface area contributed by atoms with Crippen molar-refractivity contribution < 1.29 is 4.74 Å². The predicted molar refractivity (Wildman–Crippen MR) is 110 cm³/mol. The van der Waals surface area contributed by atoms with Crippen LogP contribution in [-0.2, 0) is 0 Å². The van der Waals surface area contributed by atoms with Crippen molar-refractivity contribution in [3.63, 3.8) is 0 Å². The summed E-state index contributed by atoms with van der Waals surface area (Å²) in [5.41, 5.74) is 3.47. The molecule has 0 aliphatic heterocycles. The Morgan fingerprint density at radius 1 is 0.923 bits per heavy atom. The molecule has 4 aromatic rings. The molecule has 0 saturated heterocycles. The molecule has 6 heteroatoms. The number of hydrogen-bond acceptors (Lipinski definition) is 4. The van der Waals surface area contributed by atoms with Crippen LogP contribution in [-0.4, -0.2) is 22.2 Å². The van der Waals surface area contributed by atoms with Crippen LogP contribution in [0.25, 0.3) is 21.8 Å². The van der Waals surface area contributed by atoms with Gasteiger partial charge >= 0.3 is 0 Å². The molecule has 0 aliphatic carbocycles. The number of nitrogens with zero attached hydrogens (tertiary/aromatic N) is 2. The largest absolute Gasteiger partial charge is 0.497 e. The maximum Gasteiger partial charge on any atom is 0.175 e. The zero-order chi connectivity index (χ0) is 17.9. The van der Waals surface area contributed by atoms with Crippen molar-refractivity contribution >= 4 is 50.5 Å². The SMILES string of the molecule is COc1ccc(NC(=S)Nc2cc3cccnc3c3cccnc23)cc1. The number of methoxy groups -OCH3 is 1. The average Bonchev–Trinajstić information content (AvgIpc) is 2.69. The van der Waals surface area contributed by atoms with E-state index in [1.54, 1.807) is 19.5 Å². The molecule has 0 fully saturated rings. The van der Waals surface area contributed by atoms with Gasteiger partial charge in [0.1, 0.15) is 5.75 Å². The van der Waals surface area contributed by atoms with E-state index >= 15 is 0 Å². The van der Waals surface area contributed by atoms with Gasteiger partial charge in [-0.3, -0.25) is 9.97 Å². The van der Waals surface area contributed by atoms with E-state index in [9.17, 15) is 0 Å². The van der Waals surface area contributed by atoms with Gasteiger partial charge in [0.25, 0.3) is 0 Å². The molecular formula is C20H16N4OS. The molecule has 2 N–H and O–H groups in total. The molecule has 2 aromatic carbocycles. The standard InChI is InChI=1S/C20H16N4OS/c1-25-15-8-6-14(7-9-15)23-20(26)24-17-12-13-4-2-10-21-18(13)16-5-3-11-22-19(16)17/h2-12H,1H3,(H2,23,24,26). The van der Waals surface area contributed by atoms with Crippen LogP contribution < -0.4 is 15.4 Å². The van der Waals surface area contributed by atoms with E-state index in [0.717, 1.165) is 38.9 Å². The first kappa shape index (κ1) is 16.2. The van der Waals surface area contributed by atoms with Gasteiger partial charge in [0.2, 0.25) is 0 Å². The molecule has 128 valence electrons. The topological polar surface area (TPSA) is 59.1 Å². The van der Waals surface area contributed by atoms with Crippen LogP contribution in [0.1, 0.15) is 0 Å². The minimum atomic E-state index is 0.491.